The van der Waals surface area contributed by atoms with Crippen LogP contribution in [0.4, 0.5) is 0 Å². The molecule has 0 aliphatic carbocycles. The third-order valence-electron chi connectivity index (χ3n) is 2.95. The molecular weight excluding hydrogens is 332 g/mol. The van der Waals surface area contributed by atoms with Crippen LogP contribution in [0, 0.1) is 0 Å². The highest BCUT2D eigenvalue weighted by Crippen LogP contribution is 2.30. The standard InChI is InChI=1S/C14H34O5Si3/c1-20(2,3)16-10-11-12(18-21(4,5)6)13(14(15)17-11)19-22(7,8)9/h11-15H,10H2,1-9H3/t11-,12+,13+,14+/m0/s1. The maximum atomic E-state index is 10.3. The van der Waals surface area contributed by atoms with Crippen molar-refractivity contribution in [1.82, 2.24) is 0 Å². The second-order valence-corrected chi connectivity index (χ2v) is 22.3. The minimum Gasteiger partial charge on any atom is -0.415 e. The van der Waals surface area contributed by atoms with Crippen molar-refractivity contribution < 1.29 is 23.1 Å². The van der Waals surface area contributed by atoms with Crippen LogP contribution in [0.15, 0.2) is 0 Å². The summed E-state index contributed by atoms with van der Waals surface area (Å²) in [5.41, 5.74) is 0. The van der Waals surface area contributed by atoms with Crippen LogP contribution in [-0.4, -0.2) is 61.3 Å². The first-order valence-corrected chi connectivity index (χ1v) is 18.2. The summed E-state index contributed by atoms with van der Waals surface area (Å²) in [6.45, 7) is 19.6. The van der Waals surface area contributed by atoms with Gasteiger partial charge < -0.3 is 23.1 Å². The van der Waals surface area contributed by atoms with E-state index in [0.717, 1.165) is 0 Å². The third kappa shape index (κ3) is 7.35. The van der Waals surface area contributed by atoms with Gasteiger partial charge in [-0.25, -0.2) is 0 Å². The van der Waals surface area contributed by atoms with Gasteiger partial charge in [-0.3, -0.25) is 0 Å². The molecule has 0 saturated carbocycles. The summed E-state index contributed by atoms with van der Waals surface area (Å²) in [6.07, 6.45) is -1.89. The molecule has 0 aromatic heterocycles. The van der Waals surface area contributed by atoms with Gasteiger partial charge in [0.1, 0.15) is 18.3 Å². The summed E-state index contributed by atoms with van der Waals surface area (Å²) < 4.78 is 24.1. The quantitative estimate of drug-likeness (QED) is 0.702. The number of hydrogen-bond donors (Lipinski definition) is 1. The minimum atomic E-state index is -1.81. The highest BCUT2D eigenvalue weighted by Gasteiger charge is 2.48. The molecule has 4 atom stereocenters. The van der Waals surface area contributed by atoms with Gasteiger partial charge in [-0.2, -0.15) is 0 Å². The predicted molar refractivity (Wildman–Crippen MR) is 96.6 cm³/mol. The summed E-state index contributed by atoms with van der Waals surface area (Å²) in [5.74, 6) is 0. The highest BCUT2D eigenvalue weighted by molar-refractivity contribution is 6.70. The SMILES string of the molecule is C[Si](C)(C)OC[C@@H]1O[C@@H](O)[C@H](O[Si](C)(C)C)[C@@H]1O[Si](C)(C)C. The average molecular weight is 367 g/mol. The van der Waals surface area contributed by atoms with E-state index in [9.17, 15) is 5.11 Å². The topological polar surface area (TPSA) is 57.2 Å². The summed E-state index contributed by atoms with van der Waals surface area (Å²) in [6, 6.07) is 0. The van der Waals surface area contributed by atoms with Crippen molar-refractivity contribution in [3.63, 3.8) is 0 Å². The first-order valence-electron chi connectivity index (χ1n) is 8.01. The molecule has 1 aliphatic heterocycles. The van der Waals surface area contributed by atoms with Crippen LogP contribution < -0.4 is 0 Å². The molecule has 1 fully saturated rings. The summed E-state index contributed by atoms with van der Waals surface area (Å²) in [4.78, 5) is 0. The molecule has 0 bridgehead atoms. The van der Waals surface area contributed by atoms with Crippen LogP contribution in [0.25, 0.3) is 0 Å². The van der Waals surface area contributed by atoms with Gasteiger partial charge in [-0.05, 0) is 58.9 Å². The van der Waals surface area contributed by atoms with Gasteiger partial charge >= 0.3 is 0 Å². The lowest BCUT2D eigenvalue weighted by molar-refractivity contribution is -0.128. The lowest BCUT2D eigenvalue weighted by atomic mass is 10.1. The van der Waals surface area contributed by atoms with Crippen LogP contribution in [0.2, 0.25) is 58.9 Å². The fourth-order valence-corrected chi connectivity index (χ4v) is 5.09. The average Bonchev–Trinajstić information content (AvgIpc) is 2.49. The van der Waals surface area contributed by atoms with Crippen molar-refractivity contribution in [3.05, 3.63) is 0 Å². The summed E-state index contributed by atoms with van der Waals surface area (Å²) >= 11 is 0. The van der Waals surface area contributed by atoms with Crippen LogP contribution in [0.5, 0.6) is 0 Å². The molecule has 0 unspecified atom stereocenters. The van der Waals surface area contributed by atoms with Gasteiger partial charge in [0, 0.05) is 0 Å². The van der Waals surface area contributed by atoms with Crippen molar-refractivity contribution in [3.8, 4) is 0 Å². The van der Waals surface area contributed by atoms with E-state index >= 15 is 0 Å². The van der Waals surface area contributed by atoms with Crippen LogP contribution in [0.3, 0.4) is 0 Å². The van der Waals surface area contributed by atoms with Gasteiger partial charge in [-0.15, -0.1) is 0 Å². The van der Waals surface area contributed by atoms with E-state index in [1.165, 1.54) is 0 Å². The molecule has 1 heterocycles. The maximum Gasteiger partial charge on any atom is 0.184 e. The van der Waals surface area contributed by atoms with Gasteiger partial charge in [0.15, 0.2) is 31.2 Å². The van der Waals surface area contributed by atoms with Crippen LogP contribution >= 0.6 is 0 Å². The zero-order chi connectivity index (χ0) is 17.3. The number of ether oxygens (including phenoxy) is 1. The van der Waals surface area contributed by atoms with Crippen molar-refractivity contribution in [2.45, 2.75) is 83.5 Å². The molecule has 8 heteroatoms. The fraction of sp³-hybridized carbons (Fsp3) is 1.00. The molecular formula is C14H34O5Si3. The molecule has 5 nitrogen and oxygen atoms in total. The fourth-order valence-electron chi connectivity index (χ4n) is 2.26. The number of aliphatic hydroxyl groups is 1. The summed E-state index contributed by atoms with van der Waals surface area (Å²) in [5, 5.41) is 10.3. The molecule has 1 N–H and O–H groups in total. The molecule has 0 spiro atoms. The lowest BCUT2D eigenvalue weighted by Crippen LogP contribution is -2.49. The Hall–Kier alpha value is 0.451. The Labute approximate surface area is 138 Å². The van der Waals surface area contributed by atoms with E-state index in [4.69, 9.17) is 18.0 Å². The molecule has 1 saturated heterocycles. The Balaban J connectivity index is 2.87. The van der Waals surface area contributed by atoms with Crippen LogP contribution in [0.1, 0.15) is 0 Å². The van der Waals surface area contributed by atoms with E-state index in [0.29, 0.717) is 6.61 Å². The molecule has 132 valence electrons. The van der Waals surface area contributed by atoms with Gasteiger partial charge in [0.2, 0.25) is 0 Å². The van der Waals surface area contributed by atoms with Gasteiger partial charge in [0.05, 0.1) is 6.61 Å². The Morgan fingerprint density at radius 2 is 1.23 bits per heavy atom. The molecule has 0 radical (unpaired) electrons. The van der Waals surface area contributed by atoms with E-state index < -0.39 is 37.3 Å². The van der Waals surface area contributed by atoms with Crippen molar-refractivity contribution in [1.29, 1.82) is 0 Å². The Kier molecular flexibility index (Phi) is 6.65. The molecule has 1 aliphatic rings. The van der Waals surface area contributed by atoms with Crippen molar-refractivity contribution in [2.24, 2.45) is 0 Å². The molecule has 0 aromatic carbocycles. The normalized spacial score (nSPS) is 30.8. The largest absolute Gasteiger partial charge is 0.415 e. The molecule has 0 amide bonds. The summed E-state index contributed by atoms with van der Waals surface area (Å²) in [7, 11) is -5.23. The van der Waals surface area contributed by atoms with Gasteiger partial charge in [0.25, 0.3) is 0 Å². The van der Waals surface area contributed by atoms with E-state index in [2.05, 4.69) is 58.9 Å². The molecule has 0 aromatic rings. The van der Waals surface area contributed by atoms with Crippen molar-refractivity contribution >= 4 is 25.0 Å². The smallest absolute Gasteiger partial charge is 0.184 e. The van der Waals surface area contributed by atoms with Crippen LogP contribution in [-0.2, 0) is 18.0 Å². The first-order chi connectivity index (χ1) is 9.68. The second kappa shape index (κ2) is 7.14. The van der Waals surface area contributed by atoms with Gasteiger partial charge in [-0.1, -0.05) is 0 Å². The van der Waals surface area contributed by atoms with E-state index in [1.54, 1.807) is 0 Å². The second-order valence-electron chi connectivity index (χ2n) is 8.88. The van der Waals surface area contributed by atoms with Crippen molar-refractivity contribution in [2.75, 3.05) is 6.61 Å². The number of aliphatic hydroxyl groups excluding tert-OH is 1. The number of rotatable bonds is 7. The predicted octanol–water partition coefficient (Wildman–Crippen LogP) is 3.00. The Morgan fingerprint density at radius 1 is 0.773 bits per heavy atom. The Morgan fingerprint density at radius 3 is 1.64 bits per heavy atom. The minimum absolute atomic E-state index is 0.259. The van der Waals surface area contributed by atoms with E-state index in [1.807, 2.05) is 0 Å². The lowest BCUT2D eigenvalue weighted by Gasteiger charge is -2.33. The van der Waals surface area contributed by atoms with E-state index in [-0.39, 0.29) is 12.2 Å². The Bertz CT molecular complexity index is 359. The highest BCUT2D eigenvalue weighted by atomic mass is 28.4. The zero-order valence-electron chi connectivity index (χ0n) is 15.6. The zero-order valence-corrected chi connectivity index (χ0v) is 18.6. The third-order valence-corrected chi connectivity index (χ3v) is 5.94. The monoisotopic (exact) mass is 366 g/mol. The maximum absolute atomic E-state index is 10.3. The first kappa shape index (κ1) is 20.5. The molecule has 1 rings (SSSR count). The number of hydrogen-bond acceptors (Lipinski definition) is 5. The molecule has 22 heavy (non-hydrogen) atoms.